The van der Waals surface area contributed by atoms with Gasteiger partial charge in [0.25, 0.3) is 11.8 Å². The topological polar surface area (TPSA) is 102 Å². The van der Waals surface area contributed by atoms with Crippen molar-refractivity contribution in [3.8, 4) is 5.75 Å². The first kappa shape index (κ1) is 26.2. The number of hydrogen-bond donors (Lipinski definition) is 1. The minimum absolute atomic E-state index is 0.0193. The molecule has 0 atom stereocenters. The Bertz CT molecular complexity index is 1460. The number of methoxy groups -OCH3 is 1. The summed E-state index contributed by atoms with van der Waals surface area (Å²) in [6.07, 6.45) is 1.30. The molecule has 0 radical (unpaired) electrons. The van der Waals surface area contributed by atoms with Crippen LogP contribution in [0.3, 0.4) is 0 Å². The van der Waals surface area contributed by atoms with Crippen LogP contribution in [0.4, 0.5) is 14.9 Å². The van der Waals surface area contributed by atoms with Crippen LogP contribution in [0.25, 0.3) is 6.08 Å². The van der Waals surface area contributed by atoms with Crippen LogP contribution in [0.2, 0.25) is 0 Å². The van der Waals surface area contributed by atoms with Gasteiger partial charge < -0.3 is 9.47 Å². The molecule has 3 aromatic carbocycles. The predicted molar refractivity (Wildman–Crippen MR) is 139 cm³/mol. The van der Waals surface area contributed by atoms with Crippen molar-refractivity contribution in [1.29, 1.82) is 0 Å². The molecule has 8 nitrogen and oxygen atoms in total. The van der Waals surface area contributed by atoms with Crippen LogP contribution in [0.5, 0.6) is 5.75 Å². The molecule has 1 saturated heterocycles. The van der Waals surface area contributed by atoms with E-state index in [1.165, 1.54) is 49.6 Å². The van der Waals surface area contributed by atoms with Gasteiger partial charge in [-0.25, -0.2) is 18.9 Å². The predicted octanol–water partition coefficient (Wildman–Crippen LogP) is 5.38. The maximum Gasteiger partial charge on any atom is 0.337 e. The Morgan fingerprint density at radius 1 is 1.05 bits per heavy atom. The minimum atomic E-state index is -0.934. The molecule has 37 heavy (non-hydrogen) atoms. The standard InChI is InChI=1S/C26H17Br2FN2O6/c1-36-25(34)15-5-7-19(8-6-15)31-24(33)20(23(32)30-26(31)35)11-16-10-17(27)12-21(28)22(16)37-13-14-3-2-4-18(29)9-14/h2-12H,13H2,1H3,(H,30,32,35)/b20-11+. The summed E-state index contributed by atoms with van der Waals surface area (Å²) in [4.78, 5) is 51.0. The second-order valence-corrected chi connectivity index (χ2v) is 9.49. The van der Waals surface area contributed by atoms with Crippen molar-refractivity contribution >= 4 is 67.4 Å². The second kappa shape index (κ2) is 11.1. The van der Waals surface area contributed by atoms with Crippen molar-refractivity contribution in [2.75, 3.05) is 12.0 Å². The third kappa shape index (κ3) is 5.78. The average molecular weight is 632 g/mol. The zero-order valence-corrected chi connectivity index (χ0v) is 22.3. The lowest BCUT2D eigenvalue weighted by atomic mass is 10.1. The molecule has 1 heterocycles. The number of nitrogens with zero attached hydrogens (tertiary/aromatic N) is 1. The van der Waals surface area contributed by atoms with Gasteiger partial charge in [0.05, 0.1) is 22.8 Å². The second-order valence-electron chi connectivity index (χ2n) is 7.72. The Morgan fingerprint density at radius 2 is 1.78 bits per heavy atom. The molecule has 0 spiro atoms. The summed E-state index contributed by atoms with van der Waals surface area (Å²) in [5.41, 5.74) is 0.976. The molecule has 4 rings (SSSR count). The van der Waals surface area contributed by atoms with Gasteiger partial charge in [0, 0.05) is 10.0 Å². The molecular formula is C26H17Br2FN2O6. The lowest BCUT2D eigenvalue weighted by molar-refractivity contribution is -0.122. The molecule has 0 aliphatic carbocycles. The fourth-order valence-corrected chi connectivity index (χ4v) is 4.91. The van der Waals surface area contributed by atoms with Crippen LogP contribution in [0.15, 0.2) is 75.2 Å². The number of hydrogen-bond acceptors (Lipinski definition) is 6. The van der Waals surface area contributed by atoms with Crippen molar-refractivity contribution in [2.45, 2.75) is 6.61 Å². The quantitative estimate of drug-likeness (QED) is 0.223. The molecule has 0 saturated carbocycles. The third-order valence-corrected chi connectivity index (χ3v) is 6.30. The van der Waals surface area contributed by atoms with Crippen molar-refractivity contribution in [3.05, 3.63) is 97.7 Å². The number of carbonyl (C=O) groups is 4. The lowest BCUT2D eigenvalue weighted by Crippen LogP contribution is -2.54. The molecule has 0 aromatic heterocycles. The zero-order valence-electron chi connectivity index (χ0n) is 19.1. The SMILES string of the molecule is COC(=O)c1ccc(N2C(=O)NC(=O)/C(=C\c3cc(Br)cc(Br)c3OCc3cccc(F)c3)C2=O)cc1. The molecule has 0 unspecified atom stereocenters. The number of amides is 4. The first-order chi connectivity index (χ1) is 17.7. The highest BCUT2D eigenvalue weighted by Gasteiger charge is 2.37. The van der Waals surface area contributed by atoms with Crippen LogP contribution in [-0.4, -0.2) is 30.9 Å². The monoisotopic (exact) mass is 630 g/mol. The summed E-state index contributed by atoms with van der Waals surface area (Å²) in [5.74, 6) is -2.45. The fourth-order valence-electron chi connectivity index (χ4n) is 3.53. The highest BCUT2D eigenvalue weighted by atomic mass is 79.9. The van der Waals surface area contributed by atoms with Gasteiger partial charge in [-0.3, -0.25) is 14.9 Å². The Balaban J connectivity index is 1.69. The summed E-state index contributed by atoms with van der Waals surface area (Å²) in [7, 11) is 1.23. The van der Waals surface area contributed by atoms with Crippen LogP contribution in [-0.2, 0) is 20.9 Å². The van der Waals surface area contributed by atoms with Gasteiger partial charge in [-0.05, 0) is 76.1 Å². The largest absolute Gasteiger partial charge is 0.487 e. The van der Waals surface area contributed by atoms with E-state index in [-0.39, 0.29) is 23.4 Å². The van der Waals surface area contributed by atoms with E-state index in [9.17, 15) is 23.6 Å². The molecule has 1 aliphatic heterocycles. The molecule has 1 fully saturated rings. The van der Waals surface area contributed by atoms with Gasteiger partial charge in [0.1, 0.15) is 23.7 Å². The van der Waals surface area contributed by atoms with E-state index >= 15 is 0 Å². The van der Waals surface area contributed by atoms with E-state index < -0.39 is 29.6 Å². The fraction of sp³-hybridized carbons (Fsp3) is 0.0769. The Kier molecular flexibility index (Phi) is 7.84. The van der Waals surface area contributed by atoms with E-state index in [2.05, 4.69) is 41.9 Å². The number of rotatable bonds is 6. The number of imide groups is 2. The third-order valence-electron chi connectivity index (χ3n) is 5.26. The highest BCUT2D eigenvalue weighted by Crippen LogP contribution is 2.35. The summed E-state index contributed by atoms with van der Waals surface area (Å²) >= 11 is 6.80. The molecule has 3 aromatic rings. The number of barbiturate groups is 1. The maximum absolute atomic E-state index is 13.6. The van der Waals surface area contributed by atoms with Crippen LogP contribution in [0.1, 0.15) is 21.5 Å². The van der Waals surface area contributed by atoms with Crippen molar-refractivity contribution in [2.24, 2.45) is 0 Å². The van der Waals surface area contributed by atoms with E-state index in [1.807, 2.05) is 0 Å². The number of anilines is 1. The van der Waals surface area contributed by atoms with Crippen molar-refractivity contribution < 1.29 is 33.0 Å². The number of halogens is 3. The molecule has 1 aliphatic rings. The molecule has 188 valence electrons. The number of nitrogens with one attached hydrogen (secondary N) is 1. The Labute approximate surface area is 227 Å². The smallest absolute Gasteiger partial charge is 0.337 e. The first-order valence-electron chi connectivity index (χ1n) is 10.6. The first-order valence-corrected chi connectivity index (χ1v) is 12.2. The number of esters is 1. The highest BCUT2D eigenvalue weighted by molar-refractivity contribution is 9.11. The number of benzene rings is 3. The van der Waals surface area contributed by atoms with Crippen LogP contribution in [0, 0.1) is 5.82 Å². The van der Waals surface area contributed by atoms with Crippen molar-refractivity contribution in [1.82, 2.24) is 5.32 Å². The normalized spacial score (nSPS) is 14.5. The van der Waals surface area contributed by atoms with Gasteiger partial charge in [0.2, 0.25) is 0 Å². The van der Waals surface area contributed by atoms with Crippen LogP contribution >= 0.6 is 31.9 Å². The van der Waals surface area contributed by atoms with Gasteiger partial charge in [0.15, 0.2) is 0 Å². The summed E-state index contributed by atoms with van der Waals surface area (Å²) in [6.45, 7) is 0.0193. The molecular weight excluding hydrogens is 615 g/mol. The summed E-state index contributed by atoms with van der Waals surface area (Å²) < 4.78 is 25.3. The number of carbonyl (C=O) groups excluding carboxylic acids is 4. The Morgan fingerprint density at radius 3 is 2.46 bits per heavy atom. The van der Waals surface area contributed by atoms with Gasteiger partial charge in [-0.1, -0.05) is 28.1 Å². The number of urea groups is 1. The van der Waals surface area contributed by atoms with Gasteiger partial charge in [-0.2, -0.15) is 0 Å². The van der Waals surface area contributed by atoms with Gasteiger partial charge in [-0.15, -0.1) is 0 Å². The van der Waals surface area contributed by atoms with Crippen LogP contribution < -0.4 is 15.0 Å². The van der Waals surface area contributed by atoms with E-state index in [4.69, 9.17) is 4.74 Å². The maximum atomic E-state index is 13.6. The van der Waals surface area contributed by atoms with E-state index in [1.54, 1.807) is 24.3 Å². The molecule has 1 N–H and O–H groups in total. The molecule has 11 heteroatoms. The van der Waals surface area contributed by atoms with Crippen molar-refractivity contribution in [3.63, 3.8) is 0 Å². The average Bonchev–Trinajstić information content (AvgIpc) is 2.85. The summed E-state index contributed by atoms with van der Waals surface area (Å²) in [5, 5.41) is 2.15. The van der Waals surface area contributed by atoms with E-state index in [0.29, 0.717) is 25.8 Å². The lowest BCUT2D eigenvalue weighted by Gasteiger charge is -2.26. The van der Waals surface area contributed by atoms with E-state index in [0.717, 1.165) is 4.90 Å². The zero-order chi connectivity index (χ0) is 26.7. The Hall–Kier alpha value is -3.83. The summed E-state index contributed by atoms with van der Waals surface area (Å²) in [6, 6.07) is 13.9. The minimum Gasteiger partial charge on any atom is -0.487 e. The molecule has 0 bridgehead atoms. The van der Waals surface area contributed by atoms with Gasteiger partial charge >= 0.3 is 12.0 Å². The molecule has 4 amide bonds. The number of ether oxygens (including phenoxy) is 2.